The van der Waals surface area contributed by atoms with Gasteiger partial charge in [0.05, 0.1) is 13.7 Å². The van der Waals surface area contributed by atoms with E-state index >= 15 is 0 Å². The third-order valence-electron chi connectivity index (χ3n) is 2.36. The molecule has 0 atom stereocenters. The van der Waals surface area contributed by atoms with Gasteiger partial charge in [0.15, 0.2) is 0 Å². The smallest absolute Gasteiger partial charge is 0.313 e. The first-order chi connectivity index (χ1) is 11.6. The van der Waals surface area contributed by atoms with Gasteiger partial charge in [-0.05, 0) is 39.8 Å². The number of hydrogen-bond acceptors (Lipinski definition) is 6. The lowest BCUT2D eigenvalue weighted by atomic mass is 10.2. The summed E-state index contributed by atoms with van der Waals surface area (Å²) in [7, 11) is 1.67. The summed E-state index contributed by atoms with van der Waals surface area (Å²) in [5.74, 6) is -1.06. The molecule has 0 aliphatic carbocycles. The maximum Gasteiger partial charge on any atom is 0.313 e. The molecule has 7 nitrogen and oxygen atoms in total. The molecule has 0 aliphatic rings. The number of carboxylic acid groups (broad SMARTS) is 1. The van der Waals surface area contributed by atoms with E-state index in [4.69, 9.17) is 9.84 Å². The number of ketones is 2. The summed E-state index contributed by atoms with van der Waals surface area (Å²) in [6.45, 7) is 6.70. The first-order valence-electron chi connectivity index (χ1n) is 7.59. The van der Waals surface area contributed by atoms with Crippen molar-refractivity contribution in [2.75, 3.05) is 13.7 Å². The maximum absolute atomic E-state index is 10.4. The first kappa shape index (κ1) is 24.6. The summed E-state index contributed by atoms with van der Waals surface area (Å²) >= 11 is 0. The monoisotopic (exact) mass is 354 g/mol. The SMILES string of the molecule is CC(=O)CC(=O)O.CCOC(=O)CC(C)=O.COc1ccc(C)cc1. The van der Waals surface area contributed by atoms with E-state index in [-0.39, 0.29) is 24.4 Å². The number of rotatable bonds is 6. The fourth-order valence-electron chi connectivity index (χ4n) is 1.30. The van der Waals surface area contributed by atoms with Gasteiger partial charge in [0.2, 0.25) is 0 Å². The van der Waals surface area contributed by atoms with Crippen LogP contribution in [0.5, 0.6) is 5.75 Å². The summed E-state index contributed by atoms with van der Waals surface area (Å²) in [6.07, 6.45) is -0.464. The van der Waals surface area contributed by atoms with Gasteiger partial charge < -0.3 is 14.6 Å². The van der Waals surface area contributed by atoms with Crippen LogP contribution >= 0.6 is 0 Å². The molecule has 0 unspecified atom stereocenters. The van der Waals surface area contributed by atoms with Gasteiger partial charge in [-0.15, -0.1) is 0 Å². The van der Waals surface area contributed by atoms with Crippen LogP contribution in [0.3, 0.4) is 0 Å². The Morgan fingerprint density at radius 3 is 1.72 bits per heavy atom. The molecule has 0 heterocycles. The van der Waals surface area contributed by atoms with E-state index in [0.717, 1.165) is 5.75 Å². The molecule has 0 aliphatic heterocycles. The minimum Gasteiger partial charge on any atom is -0.497 e. The number of carboxylic acids is 1. The van der Waals surface area contributed by atoms with Crippen molar-refractivity contribution in [1.29, 1.82) is 0 Å². The number of carbonyl (C=O) groups is 4. The summed E-state index contributed by atoms with van der Waals surface area (Å²) < 4.78 is 9.46. The molecule has 0 aromatic heterocycles. The highest BCUT2D eigenvalue weighted by molar-refractivity contribution is 5.94. The van der Waals surface area contributed by atoms with Crippen molar-refractivity contribution in [3.63, 3.8) is 0 Å². The van der Waals surface area contributed by atoms with E-state index in [1.807, 2.05) is 24.3 Å². The van der Waals surface area contributed by atoms with E-state index in [0.29, 0.717) is 6.61 Å². The standard InChI is InChI=1S/C8H10O.C6H10O3.C4H6O3/c1-7-3-5-8(9-2)6-4-7;1-3-9-6(8)4-5(2)7;1-3(5)2-4(6)7/h3-6H,1-2H3;3-4H2,1-2H3;2H2,1H3,(H,6,7). The average Bonchev–Trinajstić information content (AvgIpc) is 2.47. The van der Waals surface area contributed by atoms with Gasteiger partial charge in [-0.1, -0.05) is 17.7 Å². The molecule has 0 saturated heterocycles. The molecule has 0 spiro atoms. The molecule has 0 amide bonds. The van der Waals surface area contributed by atoms with Crippen molar-refractivity contribution < 1.29 is 33.8 Å². The van der Waals surface area contributed by atoms with Crippen LogP contribution in [0.2, 0.25) is 0 Å². The number of aliphatic carboxylic acids is 1. The second-order valence-corrected chi connectivity index (χ2v) is 4.97. The van der Waals surface area contributed by atoms with Crippen LogP contribution < -0.4 is 4.74 Å². The molecule has 25 heavy (non-hydrogen) atoms. The van der Waals surface area contributed by atoms with E-state index in [1.54, 1.807) is 14.0 Å². The molecule has 1 aromatic rings. The highest BCUT2D eigenvalue weighted by Gasteiger charge is 2.03. The van der Waals surface area contributed by atoms with E-state index < -0.39 is 11.9 Å². The molecule has 0 saturated carbocycles. The van der Waals surface area contributed by atoms with Crippen LogP contribution in [0.4, 0.5) is 0 Å². The number of carbonyl (C=O) groups excluding carboxylic acids is 3. The van der Waals surface area contributed by atoms with Crippen LogP contribution in [0.25, 0.3) is 0 Å². The van der Waals surface area contributed by atoms with E-state index in [9.17, 15) is 19.2 Å². The molecular formula is C18H26O7. The number of hydrogen-bond donors (Lipinski definition) is 1. The van der Waals surface area contributed by atoms with Crippen LogP contribution in [-0.2, 0) is 23.9 Å². The highest BCUT2D eigenvalue weighted by Crippen LogP contribution is 2.09. The number of ether oxygens (including phenoxy) is 2. The maximum atomic E-state index is 10.4. The Hall–Kier alpha value is -2.70. The largest absolute Gasteiger partial charge is 0.497 e. The van der Waals surface area contributed by atoms with Gasteiger partial charge in [0.1, 0.15) is 30.2 Å². The third kappa shape index (κ3) is 19.3. The summed E-state index contributed by atoms with van der Waals surface area (Å²) in [4.78, 5) is 40.1. The molecular weight excluding hydrogens is 328 g/mol. The fourth-order valence-corrected chi connectivity index (χ4v) is 1.30. The lowest BCUT2D eigenvalue weighted by Crippen LogP contribution is -2.07. The lowest BCUT2D eigenvalue weighted by Gasteiger charge is -1.97. The number of methoxy groups -OCH3 is 1. The van der Waals surface area contributed by atoms with Crippen LogP contribution in [0.15, 0.2) is 24.3 Å². The molecule has 0 bridgehead atoms. The van der Waals surface area contributed by atoms with Gasteiger partial charge in [-0.25, -0.2) is 0 Å². The van der Waals surface area contributed by atoms with Crippen LogP contribution in [0, 0.1) is 6.92 Å². The summed E-state index contributed by atoms with van der Waals surface area (Å²) in [5.41, 5.74) is 1.26. The minimum absolute atomic E-state index is 0.103. The van der Waals surface area contributed by atoms with Crippen LogP contribution in [-0.4, -0.2) is 42.3 Å². The minimum atomic E-state index is -1.06. The summed E-state index contributed by atoms with van der Waals surface area (Å²) in [6, 6.07) is 7.96. The van der Waals surface area contributed by atoms with Crippen LogP contribution in [0.1, 0.15) is 39.2 Å². The zero-order valence-electron chi connectivity index (χ0n) is 15.3. The van der Waals surface area contributed by atoms with Crippen molar-refractivity contribution in [3.8, 4) is 5.75 Å². The van der Waals surface area contributed by atoms with Gasteiger partial charge in [0.25, 0.3) is 0 Å². The zero-order valence-corrected chi connectivity index (χ0v) is 15.3. The number of benzene rings is 1. The molecule has 1 rings (SSSR count). The fraction of sp³-hybridized carbons (Fsp3) is 0.444. The van der Waals surface area contributed by atoms with Crippen molar-refractivity contribution in [1.82, 2.24) is 0 Å². The Morgan fingerprint density at radius 2 is 1.44 bits per heavy atom. The Labute approximate surface area is 147 Å². The average molecular weight is 354 g/mol. The third-order valence-corrected chi connectivity index (χ3v) is 2.36. The zero-order chi connectivity index (χ0) is 19.8. The highest BCUT2D eigenvalue weighted by atomic mass is 16.5. The van der Waals surface area contributed by atoms with Crippen molar-refractivity contribution in [2.24, 2.45) is 0 Å². The van der Waals surface area contributed by atoms with Crippen molar-refractivity contribution in [2.45, 2.75) is 40.5 Å². The number of Topliss-reactive ketones (excluding diaryl/α,β-unsaturated/α-hetero) is 2. The van der Waals surface area contributed by atoms with Gasteiger partial charge >= 0.3 is 11.9 Å². The molecule has 1 aromatic carbocycles. The van der Waals surface area contributed by atoms with Gasteiger partial charge in [-0.3, -0.25) is 19.2 Å². The molecule has 7 heteroatoms. The summed E-state index contributed by atoms with van der Waals surface area (Å²) in [5, 5.41) is 7.86. The normalized spacial score (nSPS) is 8.68. The molecule has 0 fully saturated rings. The van der Waals surface area contributed by atoms with Gasteiger partial charge in [0, 0.05) is 0 Å². The Balaban J connectivity index is 0. The number of aryl methyl sites for hydroxylation is 1. The second kappa shape index (κ2) is 14.9. The second-order valence-electron chi connectivity index (χ2n) is 4.97. The molecule has 1 N–H and O–H groups in total. The predicted octanol–water partition coefficient (Wildman–Crippen LogP) is 2.58. The van der Waals surface area contributed by atoms with Crippen molar-refractivity contribution in [3.05, 3.63) is 29.8 Å². The molecule has 0 radical (unpaired) electrons. The first-order valence-corrected chi connectivity index (χ1v) is 7.59. The topological polar surface area (TPSA) is 107 Å². The van der Waals surface area contributed by atoms with E-state index in [2.05, 4.69) is 11.7 Å². The Morgan fingerprint density at radius 1 is 0.960 bits per heavy atom. The lowest BCUT2D eigenvalue weighted by molar-refractivity contribution is -0.145. The predicted molar refractivity (Wildman–Crippen MR) is 92.6 cm³/mol. The molecule has 140 valence electrons. The van der Waals surface area contributed by atoms with E-state index in [1.165, 1.54) is 19.4 Å². The Kier molecular flexibility index (Phi) is 14.6. The number of esters is 1. The Bertz CT molecular complexity index is 535. The quantitative estimate of drug-likeness (QED) is 0.618. The van der Waals surface area contributed by atoms with Gasteiger partial charge in [-0.2, -0.15) is 0 Å². The van der Waals surface area contributed by atoms with Crippen molar-refractivity contribution >= 4 is 23.5 Å².